The van der Waals surface area contributed by atoms with Gasteiger partial charge in [0, 0.05) is 18.2 Å². The number of nitrogens with zero attached hydrogens (tertiary/aromatic N) is 1. The lowest BCUT2D eigenvalue weighted by atomic mass is 9.98. The van der Waals surface area contributed by atoms with Gasteiger partial charge in [0.25, 0.3) is 0 Å². The number of para-hydroxylation sites is 1. The van der Waals surface area contributed by atoms with Crippen LogP contribution in [0.15, 0.2) is 60.7 Å². The van der Waals surface area contributed by atoms with Gasteiger partial charge in [-0.15, -0.1) is 0 Å². The maximum absolute atomic E-state index is 13.8. The van der Waals surface area contributed by atoms with Crippen LogP contribution in [0.2, 0.25) is 0 Å². The molecule has 0 unspecified atom stereocenters. The number of anilines is 1. The van der Waals surface area contributed by atoms with Crippen molar-refractivity contribution in [2.45, 2.75) is 45.0 Å². The molecule has 4 rings (SSSR count). The first-order valence-corrected chi connectivity index (χ1v) is 11.8. The molecule has 0 aromatic heterocycles. The Hall–Kier alpha value is -3.57. The summed E-state index contributed by atoms with van der Waals surface area (Å²) in [4.78, 5) is 1.32. The first-order valence-electron chi connectivity index (χ1n) is 11.8. The van der Waals surface area contributed by atoms with Crippen molar-refractivity contribution in [3.05, 3.63) is 77.9 Å². The van der Waals surface area contributed by atoms with E-state index in [-0.39, 0.29) is 34.7 Å². The average Bonchev–Trinajstić information content (AvgIpc) is 2.86. The lowest BCUT2D eigenvalue weighted by Crippen LogP contribution is -2.39. The Morgan fingerprint density at radius 1 is 0.923 bits per heavy atom. The van der Waals surface area contributed by atoms with Crippen LogP contribution in [0, 0.1) is 11.6 Å². The van der Waals surface area contributed by atoms with Gasteiger partial charge in [-0.1, -0.05) is 38.1 Å². The van der Waals surface area contributed by atoms with Gasteiger partial charge in [-0.2, -0.15) is 30.7 Å². The SMILES string of the molecule is CC.Fc1cc(F)cc(-c2cccc3c2OC[C@H](c2cccc(OC(F)(F)C(F)F)c2)N3CCC(F)(F)F)c1. The van der Waals surface area contributed by atoms with Crippen LogP contribution in [0.3, 0.4) is 0 Å². The number of fused-ring (bicyclic) bond motifs is 1. The van der Waals surface area contributed by atoms with Crippen molar-refractivity contribution < 1.29 is 49.0 Å². The van der Waals surface area contributed by atoms with Gasteiger partial charge in [0.05, 0.1) is 18.2 Å². The zero-order valence-corrected chi connectivity index (χ0v) is 20.7. The molecule has 39 heavy (non-hydrogen) atoms. The van der Waals surface area contributed by atoms with E-state index in [2.05, 4.69) is 4.74 Å². The van der Waals surface area contributed by atoms with Crippen LogP contribution in [-0.4, -0.2) is 31.9 Å². The number of benzene rings is 3. The van der Waals surface area contributed by atoms with Crippen LogP contribution in [0.1, 0.15) is 31.9 Å². The molecule has 0 N–H and O–H groups in total. The quantitative estimate of drug-likeness (QED) is 0.267. The summed E-state index contributed by atoms with van der Waals surface area (Å²) in [6, 6.07) is 10.8. The van der Waals surface area contributed by atoms with Gasteiger partial charge in [-0.25, -0.2) is 8.78 Å². The van der Waals surface area contributed by atoms with Gasteiger partial charge in [0.2, 0.25) is 0 Å². The third kappa shape index (κ3) is 7.30. The van der Waals surface area contributed by atoms with Gasteiger partial charge < -0.3 is 14.4 Å². The van der Waals surface area contributed by atoms with Crippen molar-refractivity contribution >= 4 is 5.69 Å². The number of rotatable bonds is 7. The van der Waals surface area contributed by atoms with Gasteiger partial charge in [-0.05, 0) is 41.5 Å². The standard InChI is InChI=1S/C25H18F9NO2.C2H6/c26-16-9-15(10-17(27)12-16)19-5-2-6-20-22(19)36-13-21(35(20)8-7-24(30,31)32)14-3-1-4-18(11-14)37-25(33,34)23(28)29;1-2/h1-6,9-12,21,23H,7-8,13H2;1-2H3/t21-;/m1./s1. The maximum atomic E-state index is 13.8. The van der Waals surface area contributed by atoms with E-state index in [1.54, 1.807) is 0 Å². The summed E-state index contributed by atoms with van der Waals surface area (Å²) in [6.07, 6.45) is -14.7. The average molecular weight is 565 g/mol. The smallest absolute Gasteiger partial charge is 0.461 e. The Balaban J connectivity index is 0.00000205. The Kier molecular flexibility index (Phi) is 9.29. The molecule has 0 saturated heterocycles. The molecule has 0 saturated carbocycles. The molecule has 0 amide bonds. The van der Waals surface area contributed by atoms with Crippen molar-refractivity contribution in [3.63, 3.8) is 0 Å². The van der Waals surface area contributed by atoms with Crippen molar-refractivity contribution in [3.8, 4) is 22.6 Å². The molecular formula is C27H24F9NO2. The fraction of sp³-hybridized carbons (Fsp3) is 0.333. The second kappa shape index (κ2) is 12.1. The molecule has 0 aliphatic carbocycles. The largest absolute Gasteiger partial charge is 0.488 e. The van der Waals surface area contributed by atoms with E-state index in [0.717, 1.165) is 24.3 Å². The van der Waals surface area contributed by atoms with Crippen LogP contribution < -0.4 is 14.4 Å². The fourth-order valence-electron chi connectivity index (χ4n) is 4.05. The Morgan fingerprint density at radius 2 is 1.56 bits per heavy atom. The summed E-state index contributed by atoms with van der Waals surface area (Å²) in [5, 5.41) is 0. The summed E-state index contributed by atoms with van der Waals surface area (Å²) in [6.45, 7) is 3.14. The molecule has 0 fully saturated rings. The van der Waals surface area contributed by atoms with E-state index in [0.29, 0.717) is 6.07 Å². The number of halogens is 9. The summed E-state index contributed by atoms with van der Waals surface area (Å²) in [5.41, 5.74) is 0.637. The number of alkyl halides is 7. The van der Waals surface area contributed by atoms with Crippen molar-refractivity contribution in [2.24, 2.45) is 0 Å². The molecule has 3 aromatic rings. The van der Waals surface area contributed by atoms with E-state index in [1.165, 1.54) is 35.2 Å². The monoisotopic (exact) mass is 565 g/mol. The van der Waals surface area contributed by atoms with E-state index in [1.807, 2.05) is 13.8 Å². The van der Waals surface area contributed by atoms with Gasteiger partial charge >= 0.3 is 18.7 Å². The predicted molar refractivity (Wildman–Crippen MR) is 127 cm³/mol. The van der Waals surface area contributed by atoms with E-state index < -0.39 is 55.1 Å². The molecule has 3 aromatic carbocycles. The van der Waals surface area contributed by atoms with Crippen LogP contribution in [0.25, 0.3) is 11.1 Å². The normalized spacial score (nSPS) is 15.3. The molecule has 212 valence electrons. The Labute approximate surface area is 218 Å². The highest BCUT2D eigenvalue weighted by Gasteiger charge is 2.44. The topological polar surface area (TPSA) is 21.7 Å². The van der Waals surface area contributed by atoms with Gasteiger partial charge in [0.15, 0.2) is 5.75 Å². The number of hydrogen-bond donors (Lipinski definition) is 0. The fourth-order valence-corrected chi connectivity index (χ4v) is 4.05. The lowest BCUT2D eigenvalue weighted by molar-refractivity contribution is -0.253. The van der Waals surface area contributed by atoms with E-state index >= 15 is 0 Å². The van der Waals surface area contributed by atoms with Crippen molar-refractivity contribution in [1.82, 2.24) is 0 Å². The highest BCUT2D eigenvalue weighted by Crippen LogP contribution is 2.46. The molecule has 0 bridgehead atoms. The third-order valence-corrected chi connectivity index (χ3v) is 5.63. The second-order valence-corrected chi connectivity index (χ2v) is 8.23. The van der Waals surface area contributed by atoms with Crippen molar-refractivity contribution in [1.29, 1.82) is 0 Å². The minimum Gasteiger partial charge on any atom is -0.488 e. The highest BCUT2D eigenvalue weighted by molar-refractivity contribution is 5.80. The predicted octanol–water partition coefficient (Wildman–Crippen LogP) is 8.79. The van der Waals surface area contributed by atoms with Crippen LogP contribution >= 0.6 is 0 Å². The van der Waals surface area contributed by atoms with Gasteiger partial charge in [-0.3, -0.25) is 0 Å². The summed E-state index contributed by atoms with van der Waals surface area (Å²) in [5.74, 6) is -2.28. The van der Waals surface area contributed by atoms with Crippen LogP contribution in [0.5, 0.6) is 11.5 Å². The zero-order chi connectivity index (χ0) is 29.0. The minimum absolute atomic E-state index is 0.0718. The van der Waals surface area contributed by atoms with E-state index in [4.69, 9.17) is 4.74 Å². The first kappa shape index (κ1) is 30.0. The van der Waals surface area contributed by atoms with Gasteiger partial charge in [0.1, 0.15) is 24.0 Å². The lowest BCUT2D eigenvalue weighted by Gasteiger charge is -2.40. The minimum atomic E-state index is -4.78. The Morgan fingerprint density at radius 3 is 2.18 bits per heavy atom. The molecule has 1 atom stereocenters. The van der Waals surface area contributed by atoms with E-state index in [9.17, 15) is 39.5 Å². The van der Waals surface area contributed by atoms with Crippen LogP contribution in [0.4, 0.5) is 45.2 Å². The Bertz CT molecular complexity index is 1240. The molecule has 3 nitrogen and oxygen atoms in total. The zero-order valence-electron chi connectivity index (χ0n) is 20.7. The maximum Gasteiger partial charge on any atom is 0.461 e. The number of hydrogen-bond acceptors (Lipinski definition) is 3. The van der Waals surface area contributed by atoms with Crippen LogP contribution in [-0.2, 0) is 0 Å². The summed E-state index contributed by atoms with van der Waals surface area (Å²) < 4.78 is 129. The third-order valence-electron chi connectivity index (χ3n) is 5.63. The molecular weight excluding hydrogens is 541 g/mol. The molecule has 0 spiro atoms. The summed E-state index contributed by atoms with van der Waals surface area (Å²) >= 11 is 0. The molecule has 0 radical (unpaired) electrons. The molecule has 1 aliphatic rings. The number of ether oxygens (including phenoxy) is 2. The molecule has 1 heterocycles. The first-order chi connectivity index (χ1) is 18.3. The molecule has 12 heteroatoms. The molecule has 1 aliphatic heterocycles. The summed E-state index contributed by atoms with van der Waals surface area (Å²) in [7, 11) is 0. The highest BCUT2D eigenvalue weighted by atomic mass is 19.4. The van der Waals surface area contributed by atoms with Crippen molar-refractivity contribution in [2.75, 3.05) is 18.1 Å². The second-order valence-electron chi connectivity index (χ2n) is 8.23.